The first-order chi connectivity index (χ1) is 5.20. The second-order valence-corrected chi connectivity index (χ2v) is 2.45. The van der Waals surface area contributed by atoms with Gasteiger partial charge in [-0.2, -0.15) is 0 Å². The lowest BCUT2D eigenvalue weighted by Gasteiger charge is -1.91. The molecule has 0 spiro atoms. The maximum Gasteiger partial charge on any atom is 0.269 e. The number of nitro groups is 1. The summed E-state index contributed by atoms with van der Waals surface area (Å²) >= 11 is 0. The largest absolute Gasteiger partial charge is 0.269 e. The minimum atomic E-state index is -0.390. The smallest absolute Gasteiger partial charge is 0.258 e. The highest BCUT2D eigenvalue weighted by Crippen LogP contribution is 2.09. The van der Waals surface area contributed by atoms with Crippen molar-refractivity contribution in [2.75, 3.05) is 0 Å². The molecule has 1 rings (SSSR count). The first kappa shape index (κ1) is 7.72. The molecule has 0 amide bonds. The van der Waals surface area contributed by atoms with Gasteiger partial charge in [-0.3, -0.25) is 10.1 Å². The Bertz CT molecular complexity index is 251. The first-order valence-electron chi connectivity index (χ1n) is 3.41. The van der Waals surface area contributed by atoms with Crippen LogP contribution in [0.5, 0.6) is 0 Å². The fourth-order valence-corrected chi connectivity index (χ4v) is 0.821. The molecule has 0 saturated heterocycles. The minimum Gasteiger partial charge on any atom is -0.258 e. The van der Waals surface area contributed by atoms with Gasteiger partial charge in [-0.05, 0) is 5.92 Å². The number of rotatable bonds is 1. The van der Waals surface area contributed by atoms with Gasteiger partial charge in [-0.25, -0.2) is 0 Å². The molecule has 1 aliphatic carbocycles. The van der Waals surface area contributed by atoms with Crippen molar-refractivity contribution in [2.24, 2.45) is 5.92 Å². The Balaban J connectivity index is 2.85. The molecule has 0 N–H and O–H groups in total. The molecule has 1 unspecified atom stereocenters. The van der Waals surface area contributed by atoms with E-state index in [1.54, 1.807) is 12.2 Å². The molecule has 3 heteroatoms. The molecule has 0 aromatic rings. The van der Waals surface area contributed by atoms with E-state index in [4.69, 9.17) is 0 Å². The van der Waals surface area contributed by atoms with E-state index in [-0.39, 0.29) is 11.6 Å². The van der Waals surface area contributed by atoms with E-state index in [0.29, 0.717) is 0 Å². The van der Waals surface area contributed by atoms with Gasteiger partial charge < -0.3 is 0 Å². The van der Waals surface area contributed by atoms with E-state index < -0.39 is 4.92 Å². The molecule has 0 aromatic heterocycles. The number of nitrogens with zero attached hydrogens (tertiary/aromatic N) is 1. The summed E-state index contributed by atoms with van der Waals surface area (Å²) in [4.78, 5) is 9.88. The summed E-state index contributed by atoms with van der Waals surface area (Å²) in [5.41, 5.74) is 0.144. The highest BCUT2D eigenvalue weighted by Gasteiger charge is 2.06. The maximum absolute atomic E-state index is 10.3. The number of hydrogen-bond acceptors (Lipinski definition) is 2. The summed E-state index contributed by atoms with van der Waals surface area (Å²) in [6.07, 6.45) is 8.46. The number of hydrogen-bond donors (Lipinski definition) is 0. The van der Waals surface area contributed by atoms with Crippen LogP contribution >= 0.6 is 0 Å². The zero-order valence-electron chi connectivity index (χ0n) is 6.23. The summed E-state index contributed by atoms with van der Waals surface area (Å²) in [5, 5.41) is 10.3. The van der Waals surface area contributed by atoms with Crippen molar-refractivity contribution in [2.45, 2.75) is 6.92 Å². The quantitative estimate of drug-likeness (QED) is 0.424. The van der Waals surface area contributed by atoms with E-state index in [1.165, 1.54) is 12.2 Å². The lowest BCUT2D eigenvalue weighted by molar-refractivity contribution is -0.419. The minimum absolute atomic E-state index is 0.144. The monoisotopic (exact) mass is 151 g/mol. The Labute approximate surface area is 64.9 Å². The third-order valence-corrected chi connectivity index (χ3v) is 1.46. The van der Waals surface area contributed by atoms with Gasteiger partial charge >= 0.3 is 0 Å². The van der Waals surface area contributed by atoms with Crippen LogP contribution in [-0.4, -0.2) is 4.92 Å². The fourth-order valence-electron chi connectivity index (χ4n) is 0.821. The highest BCUT2D eigenvalue weighted by atomic mass is 16.6. The van der Waals surface area contributed by atoms with Crippen LogP contribution in [0, 0.1) is 16.0 Å². The Kier molecular flexibility index (Phi) is 2.21. The van der Waals surface area contributed by atoms with Gasteiger partial charge in [0.1, 0.15) is 0 Å². The first-order valence-corrected chi connectivity index (χ1v) is 3.41. The molecular weight excluding hydrogens is 142 g/mol. The third-order valence-electron chi connectivity index (χ3n) is 1.46. The fraction of sp³-hybridized carbons (Fsp3) is 0.250. The van der Waals surface area contributed by atoms with E-state index in [0.717, 1.165) is 0 Å². The summed E-state index contributed by atoms with van der Waals surface area (Å²) < 4.78 is 0. The van der Waals surface area contributed by atoms with Crippen LogP contribution < -0.4 is 0 Å². The molecule has 0 fully saturated rings. The third kappa shape index (κ3) is 2.04. The maximum atomic E-state index is 10.3. The molecule has 1 aliphatic rings. The van der Waals surface area contributed by atoms with E-state index in [2.05, 4.69) is 0 Å². The highest BCUT2D eigenvalue weighted by molar-refractivity contribution is 5.23. The number of allylic oxidation sites excluding steroid dienone is 5. The topological polar surface area (TPSA) is 43.1 Å². The summed E-state index contributed by atoms with van der Waals surface area (Å²) in [7, 11) is 0. The van der Waals surface area contributed by atoms with Crippen LogP contribution in [0.1, 0.15) is 6.92 Å². The molecule has 0 radical (unpaired) electrons. The average Bonchev–Trinajstić information content (AvgIpc) is 2.13. The van der Waals surface area contributed by atoms with Gasteiger partial charge in [0, 0.05) is 12.2 Å². The van der Waals surface area contributed by atoms with Gasteiger partial charge in [0.15, 0.2) is 0 Å². The van der Waals surface area contributed by atoms with Crippen LogP contribution in [0.4, 0.5) is 0 Å². The van der Waals surface area contributed by atoms with Crippen molar-refractivity contribution in [1.82, 2.24) is 0 Å². The van der Waals surface area contributed by atoms with Crippen molar-refractivity contribution < 1.29 is 4.92 Å². The molecule has 11 heavy (non-hydrogen) atoms. The van der Waals surface area contributed by atoms with Gasteiger partial charge in [0.05, 0.1) is 4.92 Å². The molecule has 58 valence electrons. The molecule has 0 saturated carbocycles. The lowest BCUT2D eigenvalue weighted by Crippen LogP contribution is -1.93. The second kappa shape index (κ2) is 3.14. The van der Waals surface area contributed by atoms with Crippen LogP contribution in [0.15, 0.2) is 36.1 Å². The van der Waals surface area contributed by atoms with Crippen LogP contribution in [0.25, 0.3) is 0 Å². The zero-order valence-corrected chi connectivity index (χ0v) is 6.23. The molecule has 0 heterocycles. The molecule has 1 atom stereocenters. The lowest BCUT2D eigenvalue weighted by atomic mass is 10.2. The Morgan fingerprint density at radius 1 is 1.55 bits per heavy atom. The predicted octanol–water partition coefficient (Wildman–Crippen LogP) is 1.91. The van der Waals surface area contributed by atoms with E-state index in [9.17, 15) is 10.1 Å². The summed E-state index contributed by atoms with van der Waals surface area (Å²) in [6.45, 7) is 1.98. The standard InChI is InChI=1S/C8H9NO2/c1-7-3-2-4-8(6-5-7)9(10)11/h2-7H,1H3. The summed E-state index contributed by atoms with van der Waals surface area (Å²) in [5.74, 6) is 0.281. The Morgan fingerprint density at radius 3 is 2.91 bits per heavy atom. The summed E-state index contributed by atoms with van der Waals surface area (Å²) in [6, 6.07) is 0. The van der Waals surface area contributed by atoms with Crippen LogP contribution in [-0.2, 0) is 0 Å². The molecule has 0 aliphatic heterocycles. The van der Waals surface area contributed by atoms with Crippen LogP contribution in [0.2, 0.25) is 0 Å². The van der Waals surface area contributed by atoms with Gasteiger partial charge in [0.25, 0.3) is 5.70 Å². The van der Waals surface area contributed by atoms with E-state index >= 15 is 0 Å². The van der Waals surface area contributed by atoms with Gasteiger partial charge in [-0.15, -0.1) is 0 Å². The zero-order chi connectivity index (χ0) is 8.27. The second-order valence-electron chi connectivity index (χ2n) is 2.45. The van der Waals surface area contributed by atoms with Crippen molar-refractivity contribution in [3.05, 3.63) is 46.2 Å². The van der Waals surface area contributed by atoms with E-state index in [1.807, 2.05) is 13.0 Å². The molecular formula is C8H9NO2. The average molecular weight is 151 g/mol. The Hall–Kier alpha value is -1.38. The predicted molar refractivity (Wildman–Crippen MR) is 42.5 cm³/mol. The van der Waals surface area contributed by atoms with Gasteiger partial charge in [-0.1, -0.05) is 25.2 Å². The Morgan fingerprint density at radius 2 is 2.27 bits per heavy atom. The van der Waals surface area contributed by atoms with Gasteiger partial charge in [0.2, 0.25) is 0 Å². The van der Waals surface area contributed by atoms with Crippen LogP contribution in [0.3, 0.4) is 0 Å². The van der Waals surface area contributed by atoms with Crippen molar-refractivity contribution in [3.63, 3.8) is 0 Å². The SMILES string of the molecule is CC1C=CC=C([N+](=O)[O-])C=C1. The molecule has 3 nitrogen and oxygen atoms in total. The molecule has 0 bridgehead atoms. The normalized spacial score (nSPS) is 22.6. The molecule has 0 aromatic carbocycles. The van der Waals surface area contributed by atoms with Crippen molar-refractivity contribution >= 4 is 0 Å². The van der Waals surface area contributed by atoms with Crippen molar-refractivity contribution in [3.8, 4) is 0 Å². The van der Waals surface area contributed by atoms with Crippen molar-refractivity contribution in [1.29, 1.82) is 0 Å².